The molecule has 1 amide bonds. The van der Waals surface area contributed by atoms with Crippen molar-refractivity contribution in [3.05, 3.63) is 22.6 Å². The van der Waals surface area contributed by atoms with E-state index < -0.39 is 0 Å². The summed E-state index contributed by atoms with van der Waals surface area (Å²) in [5.74, 6) is 0.123. The molecule has 138 valence electrons. The first-order chi connectivity index (χ1) is 12.1. The van der Waals surface area contributed by atoms with Crippen molar-refractivity contribution in [1.82, 2.24) is 20.0 Å². The average Bonchev–Trinajstić information content (AvgIpc) is 2.65. The summed E-state index contributed by atoms with van der Waals surface area (Å²) in [6.45, 7) is 5.51. The van der Waals surface area contributed by atoms with Gasteiger partial charge in [0.25, 0.3) is 5.56 Å². The molecule has 2 saturated heterocycles. The number of anilines is 1. The number of aromatic nitrogens is 2. The summed E-state index contributed by atoms with van der Waals surface area (Å²) < 4.78 is 1.32. The third-order valence-electron chi connectivity index (χ3n) is 5.29. The highest BCUT2D eigenvalue weighted by Crippen LogP contribution is 2.21. The molecular weight excluding hydrogens is 318 g/mol. The minimum absolute atomic E-state index is 0.0147. The lowest BCUT2D eigenvalue weighted by molar-refractivity contribution is -0.125. The molecule has 0 spiro atoms. The Kier molecular flexibility index (Phi) is 6.07. The second-order valence-corrected chi connectivity index (χ2v) is 7.15. The fraction of sp³-hybridized carbons (Fsp3) is 0.722. The molecule has 0 radical (unpaired) electrons. The highest BCUT2D eigenvalue weighted by molar-refractivity contribution is 5.79. The smallest absolute Gasteiger partial charge is 0.268 e. The first-order valence-corrected chi connectivity index (χ1v) is 9.42. The van der Waals surface area contributed by atoms with Gasteiger partial charge in [-0.1, -0.05) is 6.42 Å². The molecule has 2 aliphatic rings. The normalized spacial score (nSPS) is 22.0. The van der Waals surface area contributed by atoms with Crippen molar-refractivity contribution in [2.24, 2.45) is 13.0 Å². The van der Waals surface area contributed by atoms with Crippen LogP contribution in [0.3, 0.4) is 0 Å². The highest BCUT2D eigenvalue weighted by Gasteiger charge is 2.26. The van der Waals surface area contributed by atoms with E-state index in [2.05, 4.69) is 20.2 Å². The maximum atomic E-state index is 12.5. The molecule has 1 N–H and O–H groups in total. The van der Waals surface area contributed by atoms with Gasteiger partial charge in [-0.25, -0.2) is 4.68 Å². The van der Waals surface area contributed by atoms with Crippen LogP contribution < -0.4 is 15.8 Å². The van der Waals surface area contributed by atoms with Gasteiger partial charge in [-0.3, -0.25) is 9.59 Å². The second kappa shape index (κ2) is 8.47. The minimum Gasteiger partial charge on any atom is -0.369 e. The van der Waals surface area contributed by atoms with Crippen LogP contribution in [0.5, 0.6) is 0 Å². The molecule has 25 heavy (non-hydrogen) atoms. The number of piperidine rings is 2. The zero-order valence-electron chi connectivity index (χ0n) is 15.1. The van der Waals surface area contributed by atoms with Gasteiger partial charge in [-0.2, -0.15) is 5.10 Å². The van der Waals surface area contributed by atoms with Gasteiger partial charge in [0.1, 0.15) is 0 Å². The molecule has 3 heterocycles. The molecule has 7 heteroatoms. The van der Waals surface area contributed by atoms with Gasteiger partial charge in [0.2, 0.25) is 5.91 Å². The summed E-state index contributed by atoms with van der Waals surface area (Å²) in [6, 6.07) is 1.60. The molecule has 0 aromatic carbocycles. The maximum absolute atomic E-state index is 12.5. The number of nitrogens with one attached hydrogen (secondary N) is 1. The van der Waals surface area contributed by atoms with E-state index >= 15 is 0 Å². The van der Waals surface area contributed by atoms with Crippen molar-refractivity contribution < 1.29 is 4.79 Å². The summed E-state index contributed by atoms with van der Waals surface area (Å²) in [5, 5.41) is 7.18. The summed E-state index contributed by atoms with van der Waals surface area (Å²) in [5.41, 5.74) is 0.694. The lowest BCUT2D eigenvalue weighted by Gasteiger charge is -2.33. The van der Waals surface area contributed by atoms with Crippen molar-refractivity contribution >= 4 is 11.6 Å². The summed E-state index contributed by atoms with van der Waals surface area (Å²) in [6.07, 6.45) is 7.45. The fourth-order valence-corrected chi connectivity index (χ4v) is 3.72. The lowest BCUT2D eigenvalue weighted by Crippen LogP contribution is -2.45. The number of hydrogen-bond acceptors (Lipinski definition) is 5. The molecule has 2 fully saturated rings. The van der Waals surface area contributed by atoms with Gasteiger partial charge in [0.05, 0.1) is 17.8 Å². The second-order valence-electron chi connectivity index (χ2n) is 7.15. The van der Waals surface area contributed by atoms with Crippen LogP contribution in [0.1, 0.15) is 32.1 Å². The van der Waals surface area contributed by atoms with E-state index in [-0.39, 0.29) is 17.4 Å². The van der Waals surface area contributed by atoms with Crippen LogP contribution in [0.4, 0.5) is 5.69 Å². The van der Waals surface area contributed by atoms with Crippen LogP contribution in [-0.2, 0) is 11.8 Å². The topological polar surface area (TPSA) is 70.5 Å². The number of amides is 1. The van der Waals surface area contributed by atoms with E-state index in [9.17, 15) is 9.59 Å². The fourth-order valence-electron chi connectivity index (χ4n) is 3.72. The predicted molar refractivity (Wildman–Crippen MR) is 97.7 cm³/mol. The molecule has 0 unspecified atom stereocenters. The number of hydrogen-bond donors (Lipinski definition) is 1. The maximum Gasteiger partial charge on any atom is 0.268 e. The van der Waals surface area contributed by atoms with Crippen molar-refractivity contribution in [1.29, 1.82) is 0 Å². The zero-order chi connectivity index (χ0) is 17.6. The van der Waals surface area contributed by atoms with Crippen LogP contribution >= 0.6 is 0 Å². The number of nitrogens with zero attached hydrogens (tertiary/aromatic N) is 4. The van der Waals surface area contributed by atoms with E-state index in [1.165, 1.54) is 23.9 Å². The number of carbonyl (C=O) groups is 1. The number of carbonyl (C=O) groups excluding carboxylic acids is 1. The minimum atomic E-state index is -0.120. The Bertz CT molecular complexity index is 639. The Morgan fingerprint density at radius 3 is 2.80 bits per heavy atom. The van der Waals surface area contributed by atoms with E-state index in [1.807, 2.05) is 0 Å². The van der Waals surface area contributed by atoms with Crippen LogP contribution in [0.25, 0.3) is 0 Å². The molecular formula is C18H29N5O2. The Hall–Kier alpha value is -1.89. The number of likely N-dealkylation sites (tertiary alicyclic amines) is 1. The molecule has 0 bridgehead atoms. The molecule has 1 aromatic rings. The van der Waals surface area contributed by atoms with E-state index in [0.29, 0.717) is 6.54 Å². The van der Waals surface area contributed by atoms with Gasteiger partial charge in [0.15, 0.2) is 0 Å². The summed E-state index contributed by atoms with van der Waals surface area (Å²) in [4.78, 5) is 28.8. The van der Waals surface area contributed by atoms with Crippen molar-refractivity contribution in [2.75, 3.05) is 44.2 Å². The van der Waals surface area contributed by atoms with E-state index in [1.54, 1.807) is 19.3 Å². The quantitative estimate of drug-likeness (QED) is 0.845. The average molecular weight is 347 g/mol. The molecule has 2 aliphatic heterocycles. The van der Waals surface area contributed by atoms with Gasteiger partial charge in [-0.15, -0.1) is 0 Å². The number of aryl methyl sites for hydroxylation is 1. The molecule has 3 rings (SSSR count). The van der Waals surface area contributed by atoms with E-state index in [4.69, 9.17) is 0 Å². The standard InChI is InChI=1S/C18H29N5O2/c1-21-17(24)12-16(13-20-21)23-10-5-6-15(14-23)18(25)19-7-11-22-8-3-2-4-9-22/h12-13,15H,2-11,14H2,1H3,(H,19,25)/t15-/m1/s1. The van der Waals surface area contributed by atoms with Gasteiger partial charge in [-0.05, 0) is 38.8 Å². The first-order valence-electron chi connectivity index (χ1n) is 9.42. The van der Waals surface area contributed by atoms with Crippen LogP contribution in [0, 0.1) is 5.92 Å². The van der Waals surface area contributed by atoms with E-state index in [0.717, 1.165) is 51.3 Å². The Morgan fingerprint density at radius 2 is 2.04 bits per heavy atom. The SMILES string of the molecule is Cn1ncc(N2CCC[C@@H](C(=O)NCCN3CCCCC3)C2)cc1=O. The summed E-state index contributed by atoms with van der Waals surface area (Å²) in [7, 11) is 1.64. The first kappa shape index (κ1) is 17.9. The molecule has 7 nitrogen and oxygen atoms in total. The highest BCUT2D eigenvalue weighted by atomic mass is 16.2. The molecule has 1 aromatic heterocycles. The number of rotatable bonds is 5. The third-order valence-corrected chi connectivity index (χ3v) is 5.29. The van der Waals surface area contributed by atoms with Crippen LogP contribution in [0.2, 0.25) is 0 Å². The Labute approximate surface area is 149 Å². The summed E-state index contributed by atoms with van der Waals surface area (Å²) >= 11 is 0. The Balaban J connectivity index is 1.49. The van der Waals surface area contributed by atoms with Crippen molar-refractivity contribution in [3.8, 4) is 0 Å². The van der Waals surface area contributed by atoms with Crippen molar-refractivity contribution in [2.45, 2.75) is 32.1 Å². The van der Waals surface area contributed by atoms with Crippen molar-refractivity contribution in [3.63, 3.8) is 0 Å². The largest absolute Gasteiger partial charge is 0.369 e. The predicted octanol–water partition coefficient (Wildman–Crippen LogP) is 0.599. The lowest BCUT2D eigenvalue weighted by atomic mass is 9.97. The van der Waals surface area contributed by atoms with Gasteiger partial charge in [0, 0.05) is 39.3 Å². The monoisotopic (exact) mass is 347 g/mol. The van der Waals surface area contributed by atoms with Gasteiger partial charge >= 0.3 is 0 Å². The van der Waals surface area contributed by atoms with Crippen LogP contribution in [-0.4, -0.2) is 59.9 Å². The van der Waals surface area contributed by atoms with Gasteiger partial charge < -0.3 is 15.1 Å². The third kappa shape index (κ3) is 4.81. The zero-order valence-corrected chi connectivity index (χ0v) is 15.1. The molecule has 1 atom stereocenters. The Morgan fingerprint density at radius 1 is 1.24 bits per heavy atom. The molecule has 0 saturated carbocycles. The molecule has 0 aliphatic carbocycles. The van der Waals surface area contributed by atoms with Crippen LogP contribution in [0.15, 0.2) is 17.1 Å².